The molecule has 1 N–H and O–H groups in total. The van der Waals surface area contributed by atoms with Gasteiger partial charge in [-0.05, 0) is 56.5 Å². The third-order valence-corrected chi connectivity index (χ3v) is 5.67. The van der Waals surface area contributed by atoms with Crippen molar-refractivity contribution in [3.05, 3.63) is 69.8 Å². The molecule has 1 aliphatic heterocycles. The highest BCUT2D eigenvalue weighted by Crippen LogP contribution is 2.42. The number of halogens is 1. The minimum Gasteiger partial charge on any atom is -0.507 e. The van der Waals surface area contributed by atoms with E-state index in [0.717, 1.165) is 11.1 Å². The molecule has 1 atom stereocenters. The van der Waals surface area contributed by atoms with Crippen LogP contribution in [0.25, 0.3) is 5.76 Å². The zero-order valence-corrected chi connectivity index (χ0v) is 19.5. The van der Waals surface area contributed by atoms with Gasteiger partial charge < -0.3 is 19.5 Å². The summed E-state index contributed by atoms with van der Waals surface area (Å²) in [6.45, 7) is 6.58. The molecule has 0 saturated carbocycles. The number of methoxy groups -OCH3 is 1. The molecule has 2 aromatic carbocycles. The number of ether oxygens (including phenoxy) is 2. The van der Waals surface area contributed by atoms with Gasteiger partial charge in [-0.3, -0.25) is 9.59 Å². The minimum atomic E-state index is -0.734. The quantitative estimate of drug-likeness (QED) is 0.264. The van der Waals surface area contributed by atoms with Crippen molar-refractivity contribution >= 4 is 29.1 Å². The number of rotatable bonds is 8. The van der Waals surface area contributed by atoms with E-state index < -0.39 is 17.7 Å². The number of hydrogen-bond donors (Lipinski definition) is 1. The van der Waals surface area contributed by atoms with E-state index in [1.165, 1.54) is 18.1 Å². The molecule has 0 spiro atoms. The molecule has 1 heterocycles. The molecule has 0 radical (unpaired) electrons. The largest absolute Gasteiger partial charge is 0.507 e. The van der Waals surface area contributed by atoms with Crippen LogP contribution in [0.15, 0.2) is 48.0 Å². The lowest BCUT2D eigenvalue weighted by Gasteiger charge is -2.26. The zero-order chi connectivity index (χ0) is 23.4. The monoisotopic (exact) mass is 457 g/mol. The van der Waals surface area contributed by atoms with E-state index in [0.29, 0.717) is 30.3 Å². The molecule has 1 fully saturated rings. The molecule has 0 bridgehead atoms. The standard InChI is InChI=1S/C25H28ClNO5/c1-15(2)32-13-7-12-27-22(18-9-6-5-8-16(18)3)21(24(29)25(27)30)23(28)19-14-17(26)10-11-20(19)31-4/h5-6,8-11,14-15,22,28H,7,12-13H2,1-4H3/b23-21+. The number of amides is 1. The van der Waals surface area contributed by atoms with E-state index in [1.54, 1.807) is 12.1 Å². The number of Topliss-reactive ketones (excluding diaryl/α,β-unsaturated/α-hetero) is 1. The van der Waals surface area contributed by atoms with E-state index in [4.69, 9.17) is 21.1 Å². The molecule has 1 aliphatic rings. The van der Waals surface area contributed by atoms with Crippen molar-refractivity contribution in [3.8, 4) is 5.75 Å². The van der Waals surface area contributed by atoms with Gasteiger partial charge in [0, 0.05) is 18.2 Å². The van der Waals surface area contributed by atoms with Crippen molar-refractivity contribution in [2.45, 2.75) is 39.3 Å². The summed E-state index contributed by atoms with van der Waals surface area (Å²) in [5, 5.41) is 11.6. The Bertz CT molecular complexity index is 1050. The van der Waals surface area contributed by atoms with Crippen LogP contribution in [0.5, 0.6) is 5.75 Å². The van der Waals surface area contributed by atoms with Gasteiger partial charge >= 0.3 is 0 Å². The second kappa shape index (κ2) is 10.2. The first kappa shape index (κ1) is 23.8. The van der Waals surface area contributed by atoms with Gasteiger partial charge in [-0.2, -0.15) is 0 Å². The smallest absolute Gasteiger partial charge is 0.295 e. The van der Waals surface area contributed by atoms with Gasteiger partial charge in [0.1, 0.15) is 11.5 Å². The molecule has 1 saturated heterocycles. The Kier molecular flexibility index (Phi) is 7.59. The van der Waals surface area contributed by atoms with Crippen LogP contribution in [0.1, 0.15) is 43.0 Å². The van der Waals surface area contributed by atoms with Crippen LogP contribution in [0.4, 0.5) is 0 Å². The summed E-state index contributed by atoms with van der Waals surface area (Å²) in [5.74, 6) is -1.34. The maximum atomic E-state index is 13.1. The van der Waals surface area contributed by atoms with Crippen molar-refractivity contribution in [2.24, 2.45) is 0 Å². The molecular weight excluding hydrogens is 430 g/mol. The number of aliphatic hydroxyl groups is 1. The molecule has 170 valence electrons. The highest BCUT2D eigenvalue weighted by atomic mass is 35.5. The molecule has 6 nitrogen and oxygen atoms in total. The van der Waals surface area contributed by atoms with Gasteiger partial charge in [0.05, 0.1) is 30.4 Å². The SMILES string of the molecule is COc1ccc(Cl)cc1/C(O)=C1\C(=O)C(=O)N(CCCOC(C)C)C1c1ccccc1C. The first-order valence-corrected chi connectivity index (χ1v) is 10.9. The molecular formula is C25H28ClNO5. The van der Waals surface area contributed by atoms with Gasteiger partial charge in [0.2, 0.25) is 0 Å². The predicted octanol–water partition coefficient (Wildman–Crippen LogP) is 4.89. The van der Waals surface area contributed by atoms with Crippen LogP contribution in [0.3, 0.4) is 0 Å². The van der Waals surface area contributed by atoms with Crippen LogP contribution in [0, 0.1) is 6.92 Å². The predicted molar refractivity (Wildman–Crippen MR) is 124 cm³/mol. The van der Waals surface area contributed by atoms with Crippen LogP contribution in [-0.4, -0.2) is 48.1 Å². The first-order valence-electron chi connectivity index (χ1n) is 10.6. The summed E-state index contributed by atoms with van der Waals surface area (Å²) >= 11 is 6.14. The van der Waals surface area contributed by atoms with Gasteiger partial charge in [-0.25, -0.2) is 0 Å². The van der Waals surface area contributed by atoms with E-state index >= 15 is 0 Å². The maximum absolute atomic E-state index is 13.1. The second-order valence-electron chi connectivity index (χ2n) is 7.97. The Morgan fingerprint density at radius 1 is 1.19 bits per heavy atom. The maximum Gasteiger partial charge on any atom is 0.295 e. The molecule has 3 rings (SSSR count). The highest BCUT2D eigenvalue weighted by molar-refractivity contribution is 6.46. The summed E-state index contributed by atoms with van der Waals surface area (Å²) in [6, 6.07) is 11.6. The first-order chi connectivity index (χ1) is 15.3. The second-order valence-corrected chi connectivity index (χ2v) is 8.40. The van der Waals surface area contributed by atoms with E-state index in [1.807, 2.05) is 45.0 Å². The third-order valence-electron chi connectivity index (χ3n) is 5.43. The van der Waals surface area contributed by atoms with Gasteiger partial charge in [-0.1, -0.05) is 35.9 Å². The van der Waals surface area contributed by atoms with Gasteiger partial charge in [-0.15, -0.1) is 0 Å². The van der Waals surface area contributed by atoms with Crippen LogP contribution in [0.2, 0.25) is 5.02 Å². The molecule has 32 heavy (non-hydrogen) atoms. The van der Waals surface area contributed by atoms with Gasteiger partial charge in [0.25, 0.3) is 11.7 Å². The zero-order valence-electron chi connectivity index (χ0n) is 18.7. The topological polar surface area (TPSA) is 76.1 Å². The van der Waals surface area contributed by atoms with E-state index in [9.17, 15) is 14.7 Å². The van der Waals surface area contributed by atoms with E-state index in [2.05, 4.69) is 0 Å². The minimum absolute atomic E-state index is 0.0228. The van der Waals surface area contributed by atoms with Crippen LogP contribution < -0.4 is 4.74 Å². The number of likely N-dealkylation sites (tertiary alicyclic amines) is 1. The summed E-state index contributed by atoms with van der Waals surface area (Å²) in [4.78, 5) is 27.7. The number of aryl methyl sites for hydroxylation is 1. The molecule has 2 aromatic rings. The lowest BCUT2D eigenvalue weighted by Crippen LogP contribution is -2.31. The Morgan fingerprint density at radius 3 is 2.56 bits per heavy atom. The average Bonchev–Trinajstić information content (AvgIpc) is 3.01. The Labute approximate surface area is 193 Å². The summed E-state index contributed by atoms with van der Waals surface area (Å²) in [7, 11) is 1.46. The van der Waals surface area contributed by atoms with Crippen molar-refractivity contribution in [2.75, 3.05) is 20.3 Å². The van der Waals surface area contributed by atoms with Gasteiger partial charge in [0.15, 0.2) is 0 Å². The molecule has 7 heteroatoms. The normalized spacial score (nSPS) is 17.9. The third kappa shape index (κ3) is 4.81. The van der Waals surface area contributed by atoms with Crippen LogP contribution in [-0.2, 0) is 14.3 Å². The number of aliphatic hydroxyl groups excluding tert-OH is 1. The lowest BCUT2D eigenvalue weighted by atomic mass is 9.92. The number of carbonyl (C=O) groups is 2. The van der Waals surface area contributed by atoms with Crippen molar-refractivity contribution < 1.29 is 24.2 Å². The summed E-state index contributed by atoms with van der Waals surface area (Å²) < 4.78 is 11.0. The number of carbonyl (C=O) groups excluding carboxylic acids is 2. The van der Waals surface area contributed by atoms with E-state index in [-0.39, 0.29) is 23.0 Å². The Hall–Kier alpha value is -2.83. The highest BCUT2D eigenvalue weighted by Gasteiger charge is 2.46. The fourth-order valence-corrected chi connectivity index (χ4v) is 4.06. The number of benzene rings is 2. The number of ketones is 1. The molecule has 0 aliphatic carbocycles. The Morgan fingerprint density at radius 2 is 1.91 bits per heavy atom. The summed E-state index contributed by atoms with van der Waals surface area (Å²) in [6.07, 6.45) is 0.640. The average molecular weight is 458 g/mol. The van der Waals surface area contributed by atoms with Crippen LogP contribution >= 0.6 is 11.6 Å². The molecule has 0 aromatic heterocycles. The molecule has 1 unspecified atom stereocenters. The Balaban J connectivity index is 2.12. The fourth-order valence-electron chi connectivity index (χ4n) is 3.89. The molecule has 1 amide bonds. The van der Waals surface area contributed by atoms with Crippen molar-refractivity contribution in [3.63, 3.8) is 0 Å². The number of nitrogens with zero attached hydrogens (tertiary/aromatic N) is 1. The summed E-state index contributed by atoms with van der Waals surface area (Å²) in [5.41, 5.74) is 1.97. The number of hydrogen-bond acceptors (Lipinski definition) is 5. The lowest BCUT2D eigenvalue weighted by molar-refractivity contribution is -0.140. The fraction of sp³-hybridized carbons (Fsp3) is 0.360. The van der Waals surface area contributed by atoms with Crippen molar-refractivity contribution in [1.29, 1.82) is 0 Å². The van der Waals surface area contributed by atoms with Crippen molar-refractivity contribution in [1.82, 2.24) is 4.90 Å².